The van der Waals surface area contributed by atoms with Crippen LogP contribution in [0.2, 0.25) is 0 Å². The van der Waals surface area contributed by atoms with Gasteiger partial charge in [-0.15, -0.1) is 0 Å². The fraction of sp³-hybridized carbons (Fsp3) is 0.0909. The van der Waals surface area contributed by atoms with E-state index in [1.807, 2.05) is 12.3 Å². The molecule has 0 fully saturated rings. The first kappa shape index (κ1) is 7.17. The summed E-state index contributed by atoms with van der Waals surface area (Å²) in [7, 11) is 0. The highest BCUT2D eigenvalue weighted by atomic mass is 14.7. The van der Waals surface area contributed by atoms with Gasteiger partial charge >= 0.3 is 0 Å². The Hall–Kier alpha value is -1.50. The number of hydrogen-bond acceptors (Lipinski definition) is 0. The molecule has 0 aliphatic carbocycles. The number of nitrogens with one attached hydrogen (secondary N) is 1. The standard InChI is InChI=1S/C11H11N/c1-9-4-2-5-10(8-9)11-6-3-7-12-11/h2-8,12H,1H3. The SMILES string of the molecule is Cc1cccc(-c2ccc[nH]2)c1. The maximum Gasteiger partial charge on any atom is 0.0453 e. The van der Waals surface area contributed by atoms with Crippen LogP contribution in [0, 0.1) is 6.92 Å². The van der Waals surface area contributed by atoms with Gasteiger partial charge in [0.15, 0.2) is 0 Å². The Morgan fingerprint density at radius 2 is 2.00 bits per heavy atom. The predicted octanol–water partition coefficient (Wildman–Crippen LogP) is 2.99. The summed E-state index contributed by atoms with van der Waals surface area (Å²) in [6.45, 7) is 2.10. The molecule has 0 radical (unpaired) electrons. The molecule has 0 bridgehead atoms. The first-order valence-corrected chi connectivity index (χ1v) is 4.07. The van der Waals surface area contributed by atoms with Crippen molar-refractivity contribution in [3.05, 3.63) is 48.2 Å². The zero-order valence-electron chi connectivity index (χ0n) is 7.04. The highest BCUT2D eigenvalue weighted by Gasteiger charge is 1.95. The summed E-state index contributed by atoms with van der Waals surface area (Å²) in [6, 6.07) is 12.6. The number of aromatic amines is 1. The van der Waals surface area contributed by atoms with Crippen molar-refractivity contribution in [2.75, 3.05) is 0 Å². The van der Waals surface area contributed by atoms with E-state index in [0.29, 0.717) is 0 Å². The van der Waals surface area contributed by atoms with E-state index in [1.165, 1.54) is 16.8 Å². The minimum absolute atomic E-state index is 1.18. The average molecular weight is 157 g/mol. The largest absolute Gasteiger partial charge is 0.361 e. The smallest absolute Gasteiger partial charge is 0.0453 e. The highest BCUT2D eigenvalue weighted by molar-refractivity contribution is 5.59. The Morgan fingerprint density at radius 3 is 2.67 bits per heavy atom. The van der Waals surface area contributed by atoms with Gasteiger partial charge in [0.2, 0.25) is 0 Å². The van der Waals surface area contributed by atoms with E-state index in [1.54, 1.807) is 0 Å². The lowest BCUT2D eigenvalue weighted by molar-refractivity contribution is 1.38. The van der Waals surface area contributed by atoms with Crippen molar-refractivity contribution in [2.24, 2.45) is 0 Å². The zero-order chi connectivity index (χ0) is 8.39. The summed E-state index contributed by atoms with van der Waals surface area (Å²) in [6.07, 6.45) is 1.94. The van der Waals surface area contributed by atoms with Crippen molar-refractivity contribution in [3.8, 4) is 11.3 Å². The van der Waals surface area contributed by atoms with Crippen molar-refractivity contribution in [1.29, 1.82) is 0 Å². The molecule has 0 aliphatic rings. The van der Waals surface area contributed by atoms with Crippen LogP contribution in [0.5, 0.6) is 0 Å². The van der Waals surface area contributed by atoms with E-state index in [2.05, 4.69) is 42.2 Å². The third-order valence-corrected chi connectivity index (χ3v) is 1.93. The summed E-state index contributed by atoms with van der Waals surface area (Å²) in [4.78, 5) is 3.18. The molecule has 0 amide bonds. The minimum Gasteiger partial charge on any atom is -0.361 e. The number of hydrogen-bond donors (Lipinski definition) is 1. The van der Waals surface area contributed by atoms with Gasteiger partial charge in [0, 0.05) is 11.9 Å². The van der Waals surface area contributed by atoms with Gasteiger partial charge in [-0.25, -0.2) is 0 Å². The van der Waals surface area contributed by atoms with Crippen molar-refractivity contribution >= 4 is 0 Å². The minimum atomic E-state index is 1.18. The van der Waals surface area contributed by atoms with Crippen LogP contribution in [0.25, 0.3) is 11.3 Å². The monoisotopic (exact) mass is 157 g/mol. The number of benzene rings is 1. The molecule has 1 aromatic heterocycles. The lowest BCUT2D eigenvalue weighted by Crippen LogP contribution is -1.77. The van der Waals surface area contributed by atoms with Crippen LogP contribution >= 0.6 is 0 Å². The topological polar surface area (TPSA) is 15.8 Å². The van der Waals surface area contributed by atoms with Crippen LogP contribution in [-0.2, 0) is 0 Å². The second-order valence-corrected chi connectivity index (χ2v) is 2.95. The van der Waals surface area contributed by atoms with Gasteiger partial charge in [0.25, 0.3) is 0 Å². The van der Waals surface area contributed by atoms with E-state index in [9.17, 15) is 0 Å². The second-order valence-electron chi connectivity index (χ2n) is 2.95. The quantitative estimate of drug-likeness (QED) is 0.655. The normalized spacial score (nSPS) is 10.1. The average Bonchev–Trinajstić information content (AvgIpc) is 2.56. The molecule has 1 N–H and O–H groups in total. The molecule has 2 aromatic rings. The number of aromatic nitrogens is 1. The maximum absolute atomic E-state index is 3.18. The van der Waals surface area contributed by atoms with Crippen LogP contribution in [0.1, 0.15) is 5.56 Å². The second kappa shape index (κ2) is 2.86. The summed E-state index contributed by atoms with van der Waals surface area (Å²) in [5, 5.41) is 0. The van der Waals surface area contributed by atoms with E-state index in [0.717, 1.165) is 0 Å². The summed E-state index contributed by atoms with van der Waals surface area (Å²) >= 11 is 0. The van der Waals surface area contributed by atoms with Crippen LogP contribution in [0.4, 0.5) is 0 Å². The molecule has 60 valence electrons. The van der Waals surface area contributed by atoms with Gasteiger partial charge < -0.3 is 4.98 Å². The highest BCUT2D eigenvalue weighted by Crippen LogP contribution is 2.17. The van der Waals surface area contributed by atoms with E-state index in [4.69, 9.17) is 0 Å². The molecule has 0 saturated heterocycles. The Labute approximate surface area is 72.1 Å². The van der Waals surface area contributed by atoms with Crippen LogP contribution < -0.4 is 0 Å². The zero-order valence-corrected chi connectivity index (χ0v) is 7.04. The molecule has 1 heterocycles. The fourth-order valence-electron chi connectivity index (χ4n) is 1.32. The molecule has 0 atom stereocenters. The summed E-state index contributed by atoms with van der Waals surface area (Å²) in [5.41, 5.74) is 3.72. The van der Waals surface area contributed by atoms with Gasteiger partial charge in [-0.05, 0) is 30.7 Å². The van der Waals surface area contributed by atoms with Gasteiger partial charge in [-0.1, -0.05) is 23.8 Å². The Bertz CT molecular complexity index is 360. The first-order chi connectivity index (χ1) is 5.86. The molecule has 1 aromatic carbocycles. The predicted molar refractivity (Wildman–Crippen MR) is 51.0 cm³/mol. The fourth-order valence-corrected chi connectivity index (χ4v) is 1.32. The third-order valence-electron chi connectivity index (χ3n) is 1.93. The van der Waals surface area contributed by atoms with Gasteiger partial charge in [-0.2, -0.15) is 0 Å². The first-order valence-electron chi connectivity index (χ1n) is 4.07. The van der Waals surface area contributed by atoms with Crippen LogP contribution in [0.15, 0.2) is 42.6 Å². The summed E-state index contributed by atoms with van der Waals surface area (Å²) in [5.74, 6) is 0. The molecule has 0 spiro atoms. The van der Waals surface area contributed by atoms with E-state index in [-0.39, 0.29) is 0 Å². The Morgan fingerprint density at radius 1 is 1.08 bits per heavy atom. The molecular weight excluding hydrogens is 146 g/mol. The molecule has 2 rings (SSSR count). The number of rotatable bonds is 1. The number of H-pyrrole nitrogens is 1. The van der Waals surface area contributed by atoms with E-state index < -0.39 is 0 Å². The van der Waals surface area contributed by atoms with Crippen LogP contribution in [-0.4, -0.2) is 4.98 Å². The van der Waals surface area contributed by atoms with Crippen molar-refractivity contribution in [2.45, 2.75) is 6.92 Å². The third kappa shape index (κ3) is 1.26. The molecule has 0 saturated carbocycles. The van der Waals surface area contributed by atoms with E-state index >= 15 is 0 Å². The number of aryl methyl sites for hydroxylation is 1. The summed E-state index contributed by atoms with van der Waals surface area (Å²) < 4.78 is 0. The van der Waals surface area contributed by atoms with Gasteiger partial charge in [0.05, 0.1) is 0 Å². The van der Waals surface area contributed by atoms with Gasteiger partial charge in [0.1, 0.15) is 0 Å². The Balaban J connectivity index is 2.48. The Kier molecular flexibility index (Phi) is 1.71. The molecule has 1 nitrogen and oxygen atoms in total. The molecule has 12 heavy (non-hydrogen) atoms. The lowest BCUT2D eigenvalue weighted by Gasteiger charge is -1.98. The van der Waals surface area contributed by atoms with Crippen molar-refractivity contribution in [1.82, 2.24) is 4.98 Å². The van der Waals surface area contributed by atoms with Gasteiger partial charge in [-0.3, -0.25) is 0 Å². The van der Waals surface area contributed by atoms with Crippen molar-refractivity contribution in [3.63, 3.8) is 0 Å². The maximum atomic E-state index is 3.18. The molecule has 0 aliphatic heterocycles. The van der Waals surface area contributed by atoms with Crippen LogP contribution in [0.3, 0.4) is 0 Å². The molecule has 0 unspecified atom stereocenters. The van der Waals surface area contributed by atoms with Crippen molar-refractivity contribution < 1.29 is 0 Å². The molecule has 1 heteroatoms. The lowest BCUT2D eigenvalue weighted by atomic mass is 10.1. The molecular formula is C11H11N.